The highest BCUT2D eigenvalue weighted by atomic mass is 15.3. The molecule has 4 bridgehead atoms. The Bertz CT molecular complexity index is 1590. The van der Waals surface area contributed by atoms with Crippen molar-refractivity contribution in [1.29, 1.82) is 0 Å². The Hall–Kier alpha value is -3.08. The van der Waals surface area contributed by atoms with Crippen molar-refractivity contribution in [1.82, 2.24) is 9.80 Å². The Morgan fingerprint density at radius 2 is 1.10 bits per heavy atom. The number of hydrogen-bond acceptors (Lipinski definition) is 4. The summed E-state index contributed by atoms with van der Waals surface area (Å²) in [7, 11) is 0. The maximum absolute atomic E-state index is 2.86. The summed E-state index contributed by atoms with van der Waals surface area (Å²) in [5, 5.41) is 0. The molecule has 8 unspecified atom stereocenters. The Labute approximate surface area is 249 Å². The summed E-state index contributed by atoms with van der Waals surface area (Å²) >= 11 is 0. The van der Waals surface area contributed by atoms with Crippen LogP contribution in [0.1, 0.15) is 50.7 Å². The van der Waals surface area contributed by atoms with E-state index in [-0.39, 0.29) is 10.8 Å². The Morgan fingerprint density at radius 3 is 1.55 bits per heavy atom. The summed E-state index contributed by atoms with van der Waals surface area (Å²) in [4.78, 5) is 11.4. The van der Waals surface area contributed by atoms with Crippen molar-refractivity contribution in [2.24, 2.45) is 11.8 Å². The largest absolute Gasteiger partial charge is 0.339 e. The van der Waals surface area contributed by atoms with Crippen LogP contribution in [0.2, 0.25) is 0 Å². The van der Waals surface area contributed by atoms with Gasteiger partial charge < -0.3 is 9.80 Å². The summed E-state index contributed by atoms with van der Waals surface area (Å²) < 4.78 is 0. The van der Waals surface area contributed by atoms with Gasteiger partial charge in [-0.2, -0.15) is 0 Å². The van der Waals surface area contributed by atoms with Gasteiger partial charge in [0.15, 0.2) is 0 Å². The number of benzene rings is 2. The molecule has 4 nitrogen and oxygen atoms in total. The SMILES string of the molecule is C/C=C1\CN2CCC34c5ccccc5N5/C=C6/C7CC8N(CCC89c8ccccc8N(/C=C(/C1CC23)C54)C69)C/C7=C/C. The van der Waals surface area contributed by atoms with Crippen LogP contribution in [0.15, 0.2) is 95.4 Å². The molecule has 0 amide bonds. The number of piperidine rings is 2. The maximum Gasteiger partial charge on any atom is 0.0681 e. The van der Waals surface area contributed by atoms with E-state index in [9.17, 15) is 0 Å². The zero-order valence-corrected chi connectivity index (χ0v) is 24.8. The smallest absolute Gasteiger partial charge is 0.0681 e. The molecular formula is C38H40N4. The van der Waals surface area contributed by atoms with Gasteiger partial charge in [-0.1, -0.05) is 59.7 Å². The van der Waals surface area contributed by atoms with Crippen LogP contribution in [0, 0.1) is 11.8 Å². The van der Waals surface area contributed by atoms with Gasteiger partial charge >= 0.3 is 0 Å². The van der Waals surface area contributed by atoms with Crippen molar-refractivity contribution < 1.29 is 0 Å². The molecule has 2 spiro atoms. The summed E-state index contributed by atoms with van der Waals surface area (Å²) in [6, 6.07) is 21.2. The van der Waals surface area contributed by atoms with E-state index < -0.39 is 0 Å². The molecule has 212 valence electrons. The zero-order valence-electron chi connectivity index (χ0n) is 24.8. The lowest BCUT2D eigenvalue weighted by Gasteiger charge is -2.57. The van der Waals surface area contributed by atoms with Crippen LogP contribution in [0.5, 0.6) is 0 Å². The van der Waals surface area contributed by atoms with Crippen LogP contribution in [0.25, 0.3) is 0 Å². The van der Waals surface area contributed by atoms with E-state index >= 15 is 0 Å². The minimum atomic E-state index is 0.177. The molecule has 9 aliphatic rings. The van der Waals surface area contributed by atoms with Crippen LogP contribution in [-0.2, 0) is 10.8 Å². The summed E-state index contributed by atoms with van der Waals surface area (Å²) in [5.41, 5.74) is 13.3. The number of nitrogens with zero attached hydrogens (tertiary/aromatic N) is 4. The quantitative estimate of drug-likeness (QED) is 0.365. The molecule has 0 aromatic heterocycles. The average Bonchev–Trinajstić information content (AvgIpc) is 3.75. The molecule has 42 heavy (non-hydrogen) atoms. The predicted octanol–water partition coefficient (Wildman–Crippen LogP) is 6.13. The lowest BCUT2D eigenvalue weighted by Crippen LogP contribution is -2.63. The first kappa shape index (κ1) is 23.4. The van der Waals surface area contributed by atoms with E-state index in [1.165, 1.54) is 50.1 Å². The van der Waals surface area contributed by atoms with E-state index in [1.54, 1.807) is 33.4 Å². The van der Waals surface area contributed by atoms with Crippen molar-refractivity contribution in [3.63, 3.8) is 0 Å². The fourth-order valence-corrected chi connectivity index (χ4v) is 12.5. The third-order valence-electron chi connectivity index (χ3n) is 13.9. The highest BCUT2D eigenvalue weighted by molar-refractivity contribution is 5.77. The maximum atomic E-state index is 2.86. The molecule has 4 saturated heterocycles. The van der Waals surface area contributed by atoms with Gasteiger partial charge in [0.25, 0.3) is 0 Å². The molecule has 7 heterocycles. The second kappa shape index (κ2) is 7.52. The van der Waals surface area contributed by atoms with Gasteiger partial charge in [0.05, 0.1) is 12.1 Å². The lowest BCUT2D eigenvalue weighted by atomic mass is 9.56. The molecule has 2 saturated carbocycles. The van der Waals surface area contributed by atoms with Gasteiger partial charge in [0.2, 0.25) is 0 Å². The van der Waals surface area contributed by atoms with Crippen molar-refractivity contribution in [2.75, 3.05) is 36.0 Å². The summed E-state index contributed by atoms with van der Waals surface area (Å²) in [6.45, 7) is 9.33. The van der Waals surface area contributed by atoms with E-state index in [0.29, 0.717) is 36.0 Å². The molecule has 6 fully saturated rings. The Morgan fingerprint density at radius 1 is 0.643 bits per heavy atom. The number of hydrogen-bond donors (Lipinski definition) is 0. The molecular weight excluding hydrogens is 512 g/mol. The van der Waals surface area contributed by atoms with Crippen LogP contribution in [0.4, 0.5) is 11.4 Å². The second-order valence-electron chi connectivity index (χ2n) is 14.8. The van der Waals surface area contributed by atoms with Gasteiger partial charge in [0, 0.05) is 71.6 Å². The van der Waals surface area contributed by atoms with E-state index in [4.69, 9.17) is 0 Å². The van der Waals surface area contributed by atoms with Crippen LogP contribution >= 0.6 is 0 Å². The van der Waals surface area contributed by atoms with Crippen LogP contribution in [-0.4, -0.2) is 60.1 Å². The molecule has 0 N–H and O–H groups in total. The first-order chi connectivity index (χ1) is 20.7. The topological polar surface area (TPSA) is 13.0 Å². The van der Waals surface area contributed by atoms with E-state index in [2.05, 4.69) is 107 Å². The second-order valence-corrected chi connectivity index (χ2v) is 14.8. The molecule has 2 aromatic rings. The first-order valence-corrected chi connectivity index (χ1v) is 16.7. The van der Waals surface area contributed by atoms with Gasteiger partial charge in [0.1, 0.15) is 0 Å². The van der Waals surface area contributed by atoms with Gasteiger partial charge in [-0.3, -0.25) is 9.80 Å². The van der Waals surface area contributed by atoms with Gasteiger partial charge in [-0.15, -0.1) is 0 Å². The fourth-order valence-electron chi connectivity index (χ4n) is 12.5. The number of fused-ring (bicyclic) bond motifs is 8. The molecule has 2 aromatic carbocycles. The standard InChI is InChI=1S/C38H40N4/c1-3-23-19-39-15-13-37-29-9-5-8-12-32(29)42-22-28-26-18-34-38(14-16-40(34)20-24(26)4-2)30-10-6-7-11-31(30)41(36(28)38)21-27(35(37)42)25(23)17-33(37)39/h3-12,21-22,25-26,33-36H,13-20H2,1-2H3/b23-3-,24-4+,27-21-,28-22-. The van der Waals surface area contributed by atoms with Crippen molar-refractivity contribution in [3.8, 4) is 0 Å². The highest BCUT2D eigenvalue weighted by Gasteiger charge is 2.69. The Kier molecular flexibility index (Phi) is 4.19. The third-order valence-corrected chi connectivity index (χ3v) is 13.9. The minimum Gasteiger partial charge on any atom is -0.339 e. The lowest BCUT2D eigenvalue weighted by molar-refractivity contribution is 0.122. The van der Waals surface area contributed by atoms with Crippen molar-refractivity contribution >= 4 is 11.4 Å². The van der Waals surface area contributed by atoms with Crippen LogP contribution in [0.3, 0.4) is 0 Å². The summed E-state index contributed by atoms with van der Waals surface area (Å²) in [6.07, 6.45) is 15.5. The first-order valence-electron chi connectivity index (χ1n) is 16.7. The van der Waals surface area contributed by atoms with Gasteiger partial charge in [-0.25, -0.2) is 0 Å². The third kappa shape index (κ3) is 2.33. The molecule has 4 heteroatoms. The normalized spacial score (nSPS) is 46.0. The number of rotatable bonds is 0. The number of allylic oxidation sites excluding steroid dienone is 2. The molecule has 7 aliphatic heterocycles. The van der Waals surface area contributed by atoms with Gasteiger partial charge in [-0.05, 0) is 87.0 Å². The molecule has 11 rings (SSSR count). The fraction of sp³-hybridized carbons (Fsp3) is 0.474. The minimum absolute atomic E-state index is 0.177. The average molecular weight is 553 g/mol. The molecule has 2 aliphatic carbocycles. The number of para-hydroxylation sites is 2. The van der Waals surface area contributed by atoms with Crippen LogP contribution < -0.4 is 9.80 Å². The predicted molar refractivity (Wildman–Crippen MR) is 169 cm³/mol. The molecule has 0 radical (unpaired) electrons. The van der Waals surface area contributed by atoms with Crippen molar-refractivity contribution in [3.05, 3.63) is 107 Å². The highest BCUT2D eigenvalue weighted by Crippen LogP contribution is 2.67. The monoisotopic (exact) mass is 552 g/mol. The Balaban J connectivity index is 1.25. The van der Waals surface area contributed by atoms with E-state index in [0.717, 1.165) is 13.1 Å². The van der Waals surface area contributed by atoms with Crippen molar-refractivity contribution in [2.45, 2.75) is 74.5 Å². The van der Waals surface area contributed by atoms with E-state index in [1.807, 2.05) is 0 Å². The zero-order chi connectivity index (χ0) is 27.5. The number of anilines is 2. The molecule has 8 atom stereocenters. The summed E-state index contributed by atoms with van der Waals surface area (Å²) in [5.74, 6) is 1.08.